The van der Waals surface area contributed by atoms with Crippen LogP contribution < -0.4 is 11.3 Å². The molecule has 1 aromatic heterocycles. The van der Waals surface area contributed by atoms with Gasteiger partial charge in [0.15, 0.2) is 0 Å². The minimum atomic E-state index is -0.378. The molecule has 21 heavy (non-hydrogen) atoms. The van der Waals surface area contributed by atoms with Gasteiger partial charge in [0, 0.05) is 25.7 Å². The first-order valence-electron chi connectivity index (χ1n) is 7.19. The van der Waals surface area contributed by atoms with Crippen LogP contribution in [0.5, 0.6) is 0 Å². The Morgan fingerprint density at radius 3 is 2.86 bits per heavy atom. The molecule has 7 nitrogen and oxygen atoms in total. The van der Waals surface area contributed by atoms with E-state index in [0.29, 0.717) is 26.1 Å². The van der Waals surface area contributed by atoms with E-state index in [9.17, 15) is 14.4 Å². The maximum atomic E-state index is 12.4. The van der Waals surface area contributed by atoms with Crippen LogP contribution in [0.25, 0.3) is 0 Å². The highest BCUT2D eigenvalue weighted by Gasteiger charge is 2.28. The van der Waals surface area contributed by atoms with Gasteiger partial charge in [-0.2, -0.15) is 5.10 Å². The lowest BCUT2D eigenvalue weighted by molar-refractivity contribution is -0.123. The summed E-state index contributed by atoms with van der Waals surface area (Å²) in [7, 11) is 0. The molecular weight excluding hydrogens is 272 g/mol. The van der Waals surface area contributed by atoms with Crippen molar-refractivity contribution in [1.29, 1.82) is 0 Å². The van der Waals surface area contributed by atoms with Crippen molar-refractivity contribution < 1.29 is 9.59 Å². The molecule has 0 bridgehead atoms. The SMILES string of the molecule is CCCn1nc(C(=O)N2CCCC(C(N)=O)C2)ccc1=O. The van der Waals surface area contributed by atoms with E-state index in [1.54, 1.807) is 4.90 Å². The van der Waals surface area contributed by atoms with Gasteiger partial charge in [-0.05, 0) is 25.3 Å². The number of aryl methyl sites for hydroxylation is 1. The van der Waals surface area contributed by atoms with E-state index in [1.807, 2.05) is 6.92 Å². The average Bonchev–Trinajstić information content (AvgIpc) is 2.49. The third kappa shape index (κ3) is 3.48. The zero-order valence-corrected chi connectivity index (χ0v) is 12.1. The van der Waals surface area contributed by atoms with Gasteiger partial charge < -0.3 is 10.6 Å². The van der Waals surface area contributed by atoms with Crippen molar-refractivity contribution in [2.45, 2.75) is 32.7 Å². The minimum absolute atomic E-state index is 0.220. The molecule has 0 radical (unpaired) electrons. The van der Waals surface area contributed by atoms with Crippen LogP contribution in [0.15, 0.2) is 16.9 Å². The molecule has 0 aliphatic carbocycles. The Balaban J connectivity index is 2.17. The fourth-order valence-corrected chi connectivity index (χ4v) is 2.49. The summed E-state index contributed by atoms with van der Waals surface area (Å²) in [6.07, 6.45) is 2.22. The number of nitrogens with zero attached hydrogens (tertiary/aromatic N) is 3. The summed E-state index contributed by atoms with van der Waals surface area (Å²) in [5.41, 5.74) is 5.32. The predicted octanol–water partition coefficient (Wildman–Crippen LogP) is -0.00920. The predicted molar refractivity (Wildman–Crippen MR) is 76.6 cm³/mol. The Labute approximate surface area is 122 Å². The monoisotopic (exact) mass is 292 g/mol. The molecule has 2 amide bonds. The third-order valence-corrected chi connectivity index (χ3v) is 3.63. The Kier molecular flexibility index (Phi) is 4.72. The maximum Gasteiger partial charge on any atom is 0.274 e. The summed E-state index contributed by atoms with van der Waals surface area (Å²) in [4.78, 5) is 36.9. The molecule has 1 unspecified atom stereocenters. The van der Waals surface area contributed by atoms with Crippen LogP contribution in [-0.4, -0.2) is 39.6 Å². The number of carbonyl (C=O) groups is 2. The third-order valence-electron chi connectivity index (χ3n) is 3.63. The van der Waals surface area contributed by atoms with Crippen molar-refractivity contribution in [2.75, 3.05) is 13.1 Å². The van der Waals surface area contributed by atoms with Gasteiger partial charge in [-0.3, -0.25) is 14.4 Å². The number of piperidine rings is 1. The highest BCUT2D eigenvalue weighted by atomic mass is 16.2. The fourth-order valence-electron chi connectivity index (χ4n) is 2.49. The van der Waals surface area contributed by atoms with Crippen LogP contribution in [0.3, 0.4) is 0 Å². The lowest BCUT2D eigenvalue weighted by atomic mass is 9.97. The second-order valence-electron chi connectivity index (χ2n) is 5.27. The summed E-state index contributed by atoms with van der Waals surface area (Å²) >= 11 is 0. The standard InChI is InChI=1S/C14H20N4O3/c1-2-7-18-12(19)6-5-11(16-18)14(21)17-8-3-4-10(9-17)13(15)20/h5-6,10H,2-4,7-9H2,1H3,(H2,15,20). The summed E-state index contributed by atoms with van der Waals surface area (Å²) < 4.78 is 1.29. The number of rotatable bonds is 4. The molecule has 1 aliphatic rings. The smallest absolute Gasteiger partial charge is 0.274 e. The van der Waals surface area contributed by atoms with Gasteiger partial charge in [0.05, 0.1) is 5.92 Å². The van der Waals surface area contributed by atoms with Crippen LogP contribution in [0.1, 0.15) is 36.7 Å². The van der Waals surface area contributed by atoms with Crippen LogP contribution in [0.2, 0.25) is 0 Å². The maximum absolute atomic E-state index is 12.4. The summed E-state index contributed by atoms with van der Waals surface area (Å²) in [6.45, 7) is 3.31. The molecular formula is C14H20N4O3. The molecule has 1 aliphatic heterocycles. The number of primary amides is 1. The molecule has 1 aromatic rings. The Hall–Kier alpha value is -2.18. The van der Waals surface area contributed by atoms with Gasteiger partial charge in [0.1, 0.15) is 5.69 Å². The van der Waals surface area contributed by atoms with E-state index in [1.165, 1.54) is 16.8 Å². The molecule has 1 atom stereocenters. The average molecular weight is 292 g/mol. The minimum Gasteiger partial charge on any atom is -0.369 e. The number of aromatic nitrogens is 2. The van der Waals surface area contributed by atoms with E-state index in [0.717, 1.165) is 12.8 Å². The van der Waals surface area contributed by atoms with Gasteiger partial charge in [0.25, 0.3) is 11.5 Å². The van der Waals surface area contributed by atoms with Crippen molar-refractivity contribution in [3.05, 3.63) is 28.2 Å². The van der Waals surface area contributed by atoms with Crippen LogP contribution >= 0.6 is 0 Å². The van der Waals surface area contributed by atoms with Crippen molar-refractivity contribution in [1.82, 2.24) is 14.7 Å². The first kappa shape index (κ1) is 15.2. The molecule has 0 spiro atoms. The van der Waals surface area contributed by atoms with Crippen LogP contribution in [-0.2, 0) is 11.3 Å². The Morgan fingerprint density at radius 1 is 1.43 bits per heavy atom. The zero-order chi connectivity index (χ0) is 15.4. The van der Waals surface area contributed by atoms with Gasteiger partial charge in [-0.1, -0.05) is 6.92 Å². The van der Waals surface area contributed by atoms with Crippen molar-refractivity contribution >= 4 is 11.8 Å². The number of amides is 2. The van der Waals surface area contributed by atoms with Gasteiger partial charge in [0.2, 0.25) is 5.91 Å². The van der Waals surface area contributed by atoms with E-state index in [-0.39, 0.29) is 29.0 Å². The Morgan fingerprint density at radius 2 is 2.19 bits per heavy atom. The first-order valence-corrected chi connectivity index (χ1v) is 7.19. The number of carbonyl (C=O) groups excluding carboxylic acids is 2. The number of likely N-dealkylation sites (tertiary alicyclic amines) is 1. The zero-order valence-electron chi connectivity index (χ0n) is 12.1. The molecule has 7 heteroatoms. The number of nitrogens with two attached hydrogens (primary N) is 1. The van der Waals surface area contributed by atoms with Gasteiger partial charge in [-0.15, -0.1) is 0 Å². The second-order valence-corrected chi connectivity index (χ2v) is 5.27. The van der Waals surface area contributed by atoms with Crippen molar-refractivity contribution in [3.63, 3.8) is 0 Å². The largest absolute Gasteiger partial charge is 0.369 e. The lowest BCUT2D eigenvalue weighted by Gasteiger charge is -2.30. The first-order chi connectivity index (χ1) is 10.0. The van der Waals surface area contributed by atoms with E-state index in [4.69, 9.17) is 5.73 Å². The van der Waals surface area contributed by atoms with E-state index in [2.05, 4.69) is 5.10 Å². The Bertz CT molecular complexity index is 596. The molecule has 2 rings (SSSR count). The molecule has 0 saturated carbocycles. The normalized spacial score (nSPS) is 18.5. The molecule has 0 aromatic carbocycles. The summed E-state index contributed by atoms with van der Waals surface area (Å²) in [6, 6.07) is 2.79. The van der Waals surface area contributed by atoms with Crippen molar-refractivity contribution in [3.8, 4) is 0 Å². The van der Waals surface area contributed by atoms with Crippen LogP contribution in [0.4, 0.5) is 0 Å². The second kappa shape index (κ2) is 6.51. The van der Waals surface area contributed by atoms with Crippen molar-refractivity contribution in [2.24, 2.45) is 11.7 Å². The summed E-state index contributed by atoms with van der Waals surface area (Å²) in [5, 5.41) is 4.10. The highest BCUT2D eigenvalue weighted by molar-refractivity contribution is 5.92. The number of hydrogen-bond acceptors (Lipinski definition) is 4. The van der Waals surface area contributed by atoms with Crippen LogP contribution in [0, 0.1) is 5.92 Å². The molecule has 1 saturated heterocycles. The van der Waals surface area contributed by atoms with E-state index < -0.39 is 0 Å². The van der Waals surface area contributed by atoms with E-state index >= 15 is 0 Å². The fraction of sp³-hybridized carbons (Fsp3) is 0.571. The van der Waals surface area contributed by atoms with Gasteiger partial charge >= 0.3 is 0 Å². The van der Waals surface area contributed by atoms with Gasteiger partial charge in [-0.25, -0.2) is 4.68 Å². The highest BCUT2D eigenvalue weighted by Crippen LogP contribution is 2.17. The molecule has 2 N–H and O–H groups in total. The topological polar surface area (TPSA) is 98.3 Å². The molecule has 114 valence electrons. The summed E-state index contributed by atoms with van der Waals surface area (Å²) in [5.74, 6) is -0.938. The molecule has 2 heterocycles. The number of hydrogen-bond donors (Lipinski definition) is 1. The lowest BCUT2D eigenvalue weighted by Crippen LogP contribution is -2.44. The molecule has 1 fully saturated rings. The quantitative estimate of drug-likeness (QED) is 0.843.